The minimum Gasteiger partial charge on any atom is -0.477 e. The highest BCUT2D eigenvalue weighted by molar-refractivity contribution is 7.98. The first kappa shape index (κ1) is 17.5. The quantitative estimate of drug-likeness (QED) is 0.602. The minimum absolute atomic E-state index is 0.492. The number of nitriles is 1. The third kappa shape index (κ3) is 4.40. The highest BCUT2D eigenvalue weighted by atomic mass is 32.2. The third-order valence-electron chi connectivity index (χ3n) is 4.29. The lowest BCUT2D eigenvalue weighted by Crippen LogP contribution is -2.36. The molecule has 0 spiro atoms. The average Bonchev–Trinajstić information content (AvgIpc) is 2.66. The standard InChI is InChI=1S/C18H21N5OS/c1-13-4-3-5-16(21-13)24-12-14-6-8-23(9-7-14)17-15(10-19)11-20-18(22-17)25-2/h3-5,11,14H,6-9,12H2,1-2H3. The first-order valence-electron chi connectivity index (χ1n) is 8.32. The van der Waals surface area contributed by atoms with Gasteiger partial charge >= 0.3 is 0 Å². The predicted octanol–water partition coefficient (Wildman–Crippen LogP) is 3.07. The Kier molecular flexibility index (Phi) is 5.71. The molecule has 25 heavy (non-hydrogen) atoms. The van der Waals surface area contributed by atoms with Crippen molar-refractivity contribution in [2.75, 3.05) is 30.9 Å². The van der Waals surface area contributed by atoms with Crippen LogP contribution in [0.15, 0.2) is 29.6 Å². The van der Waals surface area contributed by atoms with Gasteiger partial charge in [0.2, 0.25) is 5.88 Å². The fourth-order valence-electron chi connectivity index (χ4n) is 2.89. The Bertz CT molecular complexity index is 768. The van der Waals surface area contributed by atoms with Crippen molar-refractivity contribution >= 4 is 17.6 Å². The van der Waals surface area contributed by atoms with Crippen molar-refractivity contribution in [2.45, 2.75) is 24.9 Å². The van der Waals surface area contributed by atoms with Crippen LogP contribution in [0.1, 0.15) is 24.1 Å². The van der Waals surface area contributed by atoms with Crippen LogP contribution >= 0.6 is 11.8 Å². The van der Waals surface area contributed by atoms with Crippen molar-refractivity contribution < 1.29 is 4.74 Å². The first-order chi connectivity index (χ1) is 12.2. The normalized spacial score (nSPS) is 15.0. The van der Waals surface area contributed by atoms with E-state index in [-0.39, 0.29) is 0 Å². The number of anilines is 1. The maximum Gasteiger partial charge on any atom is 0.213 e. The van der Waals surface area contributed by atoms with Gasteiger partial charge < -0.3 is 9.64 Å². The molecule has 7 heteroatoms. The summed E-state index contributed by atoms with van der Waals surface area (Å²) < 4.78 is 5.84. The lowest BCUT2D eigenvalue weighted by molar-refractivity contribution is 0.215. The Morgan fingerprint density at radius 2 is 2.12 bits per heavy atom. The molecule has 0 radical (unpaired) electrons. The highest BCUT2D eigenvalue weighted by Crippen LogP contribution is 2.26. The van der Waals surface area contributed by atoms with Crippen LogP contribution in [0.2, 0.25) is 0 Å². The highest BCUT2D eigenvalue weighted by Gasteiger charge is 2.23. The number of hydrogen-bond acceptors (Lipinski definition) is 7. The Morgan fingerprint density at radius 3 is 2.80 bits per heavy atom. The Hall–Kier alpha value is -2.33. The first-order valence-corrected chi connectivity index (χ1v) is 9.54. The molecule has 1 saturated heterocycles. The predicted molar refractivity (Wildman–Crippen MR) is 97.9 cm³/mol. The van der Waals surface area contributed by atoms with Crippen LogP contribution < -0.4 is 9.64 Å². The number of nitrogens with zero attached hydrogens (tertiary/aromatic N) is 5. The van der Waals surface area contributed by atoms with E-state index in [0.29, 0.717) is 29.1 Å². The number of aryl methyl sites for hydroxylation is 1. The molecule has 1 aliphatic heterocycles. The van der Waals surface area contributed by atoms with Crippen molar-refractivity contribution in [1.29, 1.82) is 5.26 Å². The molecule has 0 aromatic carbocycles. The van der Waals surface area contributed by atoms with Gasteiger partial charge in [-0.3, -0.25) is 0 Å². The molecular weight excluding hydrogens is 334 g/mol. The second-order valence-electron chi connectivity index (χ2n) is 6.06. The van der Waals surface area contributed by atoms with Crippen LogP contribution in [-0.2, 0) is 0 Å². The Labute approximate surface area is 152 Å². The van der Waals surface area contributed by atoms with Crippen molar-refractivity contribution in [1.82, 2.24) is 15.0 Å². The summed E-state index contributed by atoms with van der Waals surface area (Å²) in [5.74, 6) is 1.93. The molecule has 0 aliphatic carbocycles. The molecule has 0 atom stereocenters. The summed E-state index contributed by atoms with van der Waals surface area (Å²) in [5.41, 5.74) is 1.50. The molecule has 1 fully saturated rings. The summed E-state index contributed by atoms with van der Waals surface area (Å²) in [6, 6.07) is 8.01. The van der Waals surface area contributed by atoms with E-state index in [2.05, 4.69) is 25.9 Å². The molecule has 2 aromatic rings. The number of piperidine rings is 1. The zero-order valence-corrected chi connectivity index (χ0v) is 15.3. The maximum atomic E-state index is 9.31. The zero-order chi connectivity index (χ0) is 17.6. The Morgan fingerprint density at radius 1 is 1.32 bits per heavy atom. The van der Waals surface area contributed by atoms with E-state index in [1.807, 2.05) is 31.4 Å². The summed E-state index contributed by atoms with van der Waals surface area (Å²) in [6.45, 7) is 4.38. The summed E-state index contributed by atoms with van der Waals surface area (Å²) in [6.07, 6.45) is 5.57. The van der Waals surface area contributed by atoms with E-state index >= 15 is 0 Å². The number of thioether (sulfide) groups is 1. The van der Waals surface area contributed by atoms with Crippen molar-refractivity contribution in [3.63, 3.8) is 0 Å². The van der Waals surface area contributed by atoms with Gasteiger partial charge in [-0.1, -0.05) is 17.8 Å². The third-order valence-corrected chi connectivity index (χ3v) is 4.86. The van der Waals surface area contributed by atoms with Crippen LogP contribution in [0.3, 0.4) is 0 Å². The summed E-state index contributed by atoms with van der Waals surface area (Å²) in [4.78, 5) is 15.3. The van der Waals surface area contributed by atoms with Gasteiger partial charge in [0.25, 0.3) is 0 Å². The molecule has 3 rings (SSSR count). The summed E-state index contributed by atoms with van der Waals surface area (Å²) in [7, 11) is 0. The molecule has 0 bridgehead atoms. The molecule has 130 valence electrons. The van der Waals surface area contributed by atoms with Gasteiger partial charge in [0.1, 0.15) is 11.6 Å². The Balaban J connectivity index is 1.58. The van der Waals surface area contributed by atoms with Crippen molar-refractivity contribution in [3.8, 4) is 11.9 Å². The minimum atomic E-state index is 0.492. The van der Waals surface area contributed by atoms with Crippen LogP contribution in [0.5, 0.6) is 5.88 Å². The van der Waals surface area contributed by atoms with E-state index < -0.39 is 0 Å². The number of aromatic nitrogens is 3. The molecular formula is C18H21N5OS. The number of rotatable bonds is 5. The van der Waals surface area contributed by atoms with Gasteiger partial charge in [0, 0.05) is 24.8 Å². The van der Waals surface area contributed by atoms with Crippen molar-refractivity contribution in [2.24, 2.45) is 5.92 Å². The van der Waals surface area contributed by atoms with Gasteiger partial charge in [-0.2, -0.15) is 5.26 Å². The van der Waals surface area contributed by atoms with Crippen LogP contribution in [-0.4, -0.2) is 40.9 Å². The summed E-state index contributed by atoms with van der Waals surface area (Å²) >= 11 is 1.49. The van der Waals surface area contributed by atoms with Gasteiger partial charge in [-0.05, 0) is 38.0 Å². The van der Waals surface area contributed by atoms with Crippen molar-refractivity contribution in [3.05, 3.63) is 35.7 Å². The van der Waals surface area contributed by atoms with Gasteiger partial charge in [0.05, 0.1) is 12.8 Å². The maximum absolute atomic E-state index is 9.31. The molecule has 6 nitrogen and oxygen atoms in total. The van der Waals surface area contributed by atoms with Crippen LogP contribution in [0.4, 0.5) is 5.82 Å². The molecule has 0 saturated carbocycles. The van der Waals surface area contributed by atoms with E-state index in [0.717, 1.165) is 37.4 Å². The molecule has 1 aliphatic rings. The van der Waals surface area contributed by atoms with E-state index in [4.69, 9.17) is 4.74 Å². The van der Waals surface area contributed by atoms with Crippen LogP contribution in [0.25, 0.3) is 0 Å². The number of ether oxygens (including phenoxy) is 1. The average molecular weight is 355 g/mol. The van der Waals surface area contributed by atoms with E-state index in [1.54, 1.807) is 6.20 Å². The second kappa shape index (κ2) is 8.17. The smallest absolute Gasteiger partial charge is 0.213 e. The lowest BCUT2D eigenvalue weighted by atomic mass is 9.97. The fraction of sp³-hybridized carbons (Fsp3) is 0.444. The van der Waals surface area contributed by atoms with Gasteiger partial charge in [0.15, 0.2) is 11.0 Å². The molecule has 0 amide bonds. The second-order valence-corrected chi connectivity index (χ2v) is 6.84. The van der Waals surface area contributed by atoms with Gasteiger partial charge in [-0.15, -0.1) is 0 Å². The summed E-state index contributed by atoms with van der Waals surface area (Å²) in [5, 5.41) is 10.0. The topological polar surface area (TPSA) is 74.9 Å². The molecule has 2 aromatic heterocycles. The molecule has 0 unspecified atom stereocenters. The van der Waals surface area contributed by atoms with Gasteiger partial charge in [-0.25, -0.2) is 15.0 Å². The number of hydrogen-bond donors (Lipinski definition) is 0. The lowest BCUT2D eigenvalue weighted by Gasteiger charge is -2.33. The monoisotopic (exact) mass is 355 g/mol. The SMILES string of the molecule is CSc1ncc(C#N)c(N2CCC(COc3cccc(C)n3)CC2)n1. The molecule has 3 heterocycles. The largest absolute Gasteiger partial charge is 0.477 e. The fourth-order valence-corrected chi connectivity index (χ4v) is 3.22. The van der Waals surface area contributed by atoms with Crippen LogP contribution in [0, 0.1) is 24.2 Å². The number of pyridine rings is 1. The van der Waals surface area contributed by atoms with E-state index in [1.165, 1.54) is 11.8 Å². The molecule has 0 N–H and O–H groups in total. The van der Waals surface area contributed by atoms with E-state index in [9.17, 15) is 5.26 Å². The zero-order valence-electron chi connectivity index (χ0n) is 14.5.